The van der Waals surface area contributed by atoms with E-state index >= 15 is 0 Å². The third-order valence-electron chi connectivity index (χ3n) is 2.23. The molecule has 2 rings (SSSR count). The molecule has 0 fully saturated rings. The third-order valence-corrected chi connectivity index (χ3v) is 3.51. The summed E-state index contributed by atoms with van der Waals surface area (Å²) in [5.41, 5.74) is 4.46. The Balaban J connectivity index is 2.15. The van der Waals surface area contributed by atoms with E-state index in [0.717, 1.165) is 13.7 Å². The molecule has 5 heteroatoms. The van der Waals surface area contributed by atoms with Crippen LogP contribution in [0.15, 0.2) is 52.0 Å². The maximum Gasteiger partial charge on any atom is 0.137 e. The first kappa shape index (κ1) is 13.4. The summed E-state index contributed by atoms with van der Waals surface area (Å²) in [6, 6.07) is 13.3. The Morgan fingerprint density at radius 2 is 1.94 bits per heavy atom. The molecule has 0 bridgehead atoms. The highest BCUT2D eigenvalue weighted by atomic mass is 127. The van der Waals surface area contributed by atoms with Crippen molar-refractivity contribution in [1.29, 1.82) is 0 Å². The minimum absolute atomic E-state index is 0.234. The summed E-state index contributed by atoms with van der Waals surface area (Å²) in [6.07, 6.45) is 1.59. The van der Waals surface area contributed by atoms with Gasteiger partial charge in [-0.05, 0) is 46.9 Å². The van der Waals surface area contributed by atoms with Gasteiger partial charge in [-0.2, -0.15) is 5.10 Å². The molecule has 0 unspecified atom stereocenters. The number of phenols is 1. The van der Waals surface area contributed by atoms with Crippen LogP contribution >= 0.6 is 38.5 Å². The number of hydrogen-bond donors (Lipinski definition) is 2. The van der Waals surface area contributed by atoms with E-state index in [1.807, 2.05) is 42.5 Å². The molecule has 0 aliphatic rings. The maximum absolute atomic E-state index is 9.87. The Hall–Kier alpha value is -1.08. The topological polar surface area (TPSA) is 44.6 Å². The van der Waals surface area contributed by atoms with Gasteiger partial charge >= 0.3 is 0 Å². The SMILES string of the molecule is Oc1c(I)cc(Br)cc1C=NNc1ccccc1. The monoisotopic (exact) mass is 416 g/mol. The first-order valence-corrected chi connectivity index (χ1v) is 7.06. The van der Waals surface area contributed by atoms with Crippen LogP contribution in [0, 0.1) is 3.57 Å². The fourth-order valence-corrected chi connectivity index (χ4v) is 2.92. The van der Waals surface area contributed by atoms with Crippen LogP contribution in [-0.2, 0) is 0 Å². The number of rotatable bonds is 3. The highest BCUT2D eigenvalue weighted by Gasteiger charge is 2.04. The van der Waals surface area contributed by atoms with Crippen molar-refractivity contribution in [2.24, 2.45) is 5.10 Å². The summed E-state index contributed by atoms with van der Waals surface area (Å²) in [5.74, 6) is 0.234. The fraction of sp³-hybridized carbons (Fsp3) is 0. The average Bonchev–Trinajstić information content (AvgIpc) is 2.36. The van der Waals surface area contributed by atoms with Gasteiger partial charge in [-0.15, -0.1) is 0 Å². The Bertz CT molecular complexity index is 573. The van der Waals surface area contributed by atoms with E-state index in [1.165, 1.54) is 0 Å². The zero-order chi connectivity index (χ0) is 13.0. The number of aromatic hydroxyl groups is 1. The molecule has 2 aromatic rings. The molecule has 0 aromatic heterocycles. The van der Waals surface area contributed by atoms with Crippen molar-refractivity contribution in [2.75, 3.05) is 5.43 Å². The third kappa shape index (κ3) is 3.46. The molecular weight excluding hydrogens is 407 g/mol. The number of benzene rings is 2. The van der Waals surface area contributed by atoms with Crippen LogP contribution in [0.25, 0.3) is 0 Å². The lowest BCUT2D eigenvalue weighted by molar-refractivity contribution is 0.470. The van der Waals surface area contributed by atoms with E-state index in [4.69, 9.17) is 0 Å². The fourth-order valence-electron chi connectivity index (χ4n) is 1.37. The van der Waals surface area contributed by atoms with Crippen LogP contribution in [-0.4, -0.2) is 11.3 Å². The second-order valence-electron chi connectivity index (χ2n) is 3.56. The summed E-state index contributed by atoms with van der Waals surface area (Å²) >= 11 is 5.46. The van der Waals surface area contributed by atoms with Gasteiger partial charge in [0.2, 0.25) is 0 Å². The molecule has 0 heterocycles. The van der Waals surface area contributed by atoms with Crippen molar-refractivity contribution in [1.82, 2.24) is 0 Å². The van der Waals surface area contributed by atoms with Crippen LogP contribution < -0.4 is 5.43 Å². The van der Waals surface area contributed by atoms with Crippen LogP contribution in [0.3, 0.4) is 0 Å². The lowest BCUT2D eigenvalue weighted by atomic mass is 10.2. The summed E-state index contributed by atoms with van der Waals surface area (Å²) in [4.78, 5) is 0. The molecule has 0 atom stereocenters. The molecule has 2 aromatic carbocycles. The van der Waals surface area contributed by atoms with Crippen LogP contribution in [0.1, 0.15) is 5.56 Å². The number of hydrazone groups is 1. The molecule has 2 N–H and O–H groups in total. The second-order valence-corrected chi connectivity index (χ2v) is 5.64. The standard InChI is InChI=1S/C13H10BrIN2O/c14-10-6-9(13(18)12(15)7-10)8-16-17-11-4-2-1-3-5-11/h1-8,17-18H. The summed E-state index contributed by atoms with van der Waals surface area (Å²) in [6.45, 7) is 0. The number of hydrogen-bond acceptors (Lipinski definition) is 3. The van der Waals surface area contributed by atoms with Gasteiger partial charge in [0, 0.05) is 10.0 Å². The molecule has 0 saturated carbocycles. The molecule has 0 radical (unpaired) electrons. The van der Waals surface area contributed by atoms with Gasteiger partial charge in [-0.1, -0.05) is 34.1 Å². The smallest absolute Gasteiger partial charge is 0.137 e. The van der Waals surface area contributed by atoms with Gasteiger partial charge in [0.15, 0.2) is 0 Å². The number of nitrogens with zero attached hydrogens (tertiary/aromatic N) is 1. The first-order valence-electron chi connectivity index (χ1n) is 5.19. The van der Waals surface area contributed by atoms with Crippen LogP contribution in [0.4, 0.5) is 5.69 Å². The molecule has 0 amide bonds. The van der Waals surface area contributed by atoms with E-state index in [1.54, 1.807) is 6.21 Å². The molecular formula is C13H10BrIN2O. The van der Waals surface area contributed by atoms with Crippen molar-refractivity contribution in [2.45, 2.75) is 0 Å². The number of halogens is 2. The minimum Gasteiger partial charge on any atom is -0.506 e. The van der Waals surface area contributed by atoms with Crippen molar-refractivity contribution in [3.05, 3.63) is 56.1 Å². The Kier molecular flexibility index (Phi) is 4.60. The van der Waals surface area contributed by atoms with E-state index < -0.39 is 0 Å². The predicted octanol–water partition coefficient (Wildman–Crippen LogP) is 4.21. The number of nitrogens with one attached hydrogen (secondary N) is 1. The van der Waals surface area contributed by atoms with Gasteiger partial charge in [-0.25, -0.2) is 0 Å². The average molecular weight is 417 g/mol. The maximum atomic E-state index is 9.87. The van der Waals surface area contributed by atoms with E-state index in [-0.39, 0.29) is 5.75 Å². The Morgan fingerprint density at radius 1 is 1.22 bits per heavy atom. The Morgan fingerprint density at radius 3 is 2.67 bits per heavy atom. The molecule has 3 nitrogen and oxygen atoms in total. The van der Waals surface area contributed by atoms with Crippen molar-refractivity contribution in [3.63, 3.8) is 0 Å². The van der Waals surface area contributed by atoms with E-state index in [0.29, 0.717) is 5.56 Å². The molecule has 0 aliphatic heterocycles. The molecule has 0 aliphatic carbocycles. The zero-order valence-electron chi connectivity index (χ0n) is 9.27. The van der Waals surface area contributed by atoms with E-state index in [2.05, 4.69) is 49.0 Å². The quantitative estimate of drug-likeness (QED) is 0.447. The largest absolute Gasteiger partial charge is 0.506 e. The van der Waals surface area contributed by atoms with Gasteiger partial charge < -0.3 is 5.11 Å². The minimum atomic E-state index is 0.234. The first-order chi connectivity index (χ1) is 8.66. The van der Waals surface area contributed by atoms with E-state index in [9.17, 15) is 5.11 Å². The molecule has 18 heavy (non-hydrogen) atoms. The van der Waals surface area contributed by atoms with Crippen LogP contribution in [0.2, 0.25) is 0 Å². The van der Waals surface area contributed by atoms with Gasteiger partial charge in [0.1, 0.15) is 5.75 Å². The summed E-state index contributed by atoms with van der Waals surface area (Å²) < 4.78 is 1.69. The van der Waals surface area contributed by atoms with Crippen molar-refractivity contribution < 1.29 is 5.11 Å². The van der Waals surface area contributed by atoms with Crippen LogP contribution in [0.5, 0.6) is 5.75 Å². The zero-order valence-corrected chi connectivity index (χ0v) is 13.0. The molecule has 92 valence electrons. The highest BCUT2D eigenvalue weighted by molar-refractivity contribution is 14.1. The number of anilines is 1. The van der Waals surface area contributed by atoms with Gasteiger partial charge in [-0.3, -0.25) is 5.43 Å². The molecule has 0 spiro atoms. The summed E-state index contributed by atoms with van der Waals surface area (Å²) in [5, 5.41) is 14.0. The van der Waals surface area contributed by atoms with Crippen molar-refractivity contribution >= 4 is 50.4 Å². The number of phenolic OH excluding ortho intramolecular Hbond substituents is 1. The van der Waals surface area contributed by atoms with Gasteiger partial charge in [0.25, 0.3) is 0 Å². The van der Waals surface area contributed by atoms with Gasteiger partial charge in [0.05, 0.1) is 15.5 Å². The lowest BCUT2D eigenvalue weighted by Gasteiger charge is -2.03. The Labute approximate surface area is 127 Å². The number of para-hydroxylation sites is 1. The molecule has 0 saturated heterocycles. The second kappa shape index (κ2) is 6.19. The lowest BCUT2D eigenvalue weighted by Crippen LogP contribution is -1.91. The van der Waals surface area contributed by atoms with Crippen molar-refractivity contribution in [3.8, 4) is 5.75 Å². The summed E-state index contributed by atoms with van der Waals surface area (Å²) in [7, 11) is 0. The predicted molar refractivity (Wildman–Crippen MR) is 86.2 cm³/mol. The highest BCUT2D eigenvalue weighted by Crippen LogP contribution is 2.27. The normalized spacial score (nSPS) is 10.8.